The van der Waals surface area contributed by atoms with Gasteiger partial charge in [-0.2, -0.15) is 0 Å². The first-order valence-electron chi connectivity index (χ1n) is 22.1. The zero-order chi connectivity index (χ0) is 41.8. The SMILES string of the molecule is CCCCCCCCCCCCCCCC(=O)OC[C@H](CO[C@@H]1O[C@H](CO[C@@H]2O[C@H](CO)[C@H](O)C(O)C2O)[C@H](O)C(O)C1O)OC(=O)CCCCCCCCCC. The zero-order valence-corrected chi connectivity index (χ0v) is 34.8. The van der Waals surface area contributed by atoms with Gasteiger partial charge in [0.2, 0.25) is 0 Å². The van der Waals surface area contributed by atoms with E-state index in [2.05, 4.69) is 13.8 Å². The second kappa shape index (κ2) is 31.4. The maximum atomic E-state index is 12.8. The highest BCUT2D eigenvalue weighted by molar-refractivity contribution is 5.70. The van der Waals surface area contributed by atoms with Gasteiger partial charge in [-0.05, 0) is 12.8 Å². The van der Waals surface area contributed by atoms with E-state index >= 15 is 0 Å². The lowest BCUT2D eigenvalue weighted by atomic mass is 9.98. The molecule has 2 fully saturated rings. The van der Waals surface area contributed by atoms with Crippen LogP contribution in [0.25, 0.3) is 0 Å². The first-order chi connectivity index (χ1) is 27.5. The molecule has 0 bridgehead atoms. The maximum absolute atomic E-state index is 12.8. The summed E-state index contributed by atoms with van der Waals surface area (Å²) in [6, 6.07) is 0. The molecule has 0 radical (unpaired) electrons. The number of ether oxygens (including phenoxy) is 6. The monoisotopic (exact) mass is 823 g/mol. The molecule has 2 rings (SSSR count). The van der Waals surface area contributed by atoms with E-state index in [1.54, 1.807) is 0 Å². The van der Waals surface area contributed by atoms with E-state index in [0.717, 1.165) is 38.5 Å². The van der Waals surface area contributed by atoms with Crippen LogP contribution in [0.2, 0.25) is 0 Å². The van der Waals surface area contributed by atoms with E-state index in [9.17, 15) is 45.3 Å². The number of unbranched alkanes of at least 4 members (excludes halogenated alkanes) is 19. The van der Waals surface area contributed by atoms with Crippen LogP contribution in [0.5, 0.6) is 0 Å². The minimum atomic E-state index is -1.76. The van der Waals surface area contributed by atoms with Crippen molar-refractivity contribution in [1.29, 1.82) is 0 Å². The summed E-state index contributed by atoms with van der Waals surface area (Å²) in [7, 11) is 0. The lowest BCUT2D eigenvalue weighted by molar-refractivity contribution is -0.332. The van der Waals surface area contributed by atoms with Crippen molar-refractivity contribution in [3.63, 3.8) is 0 Å². The molecule has 7 N–H and O–H groups in total. The minimum Gasteiger partial charge on any atom is -0.462 e. The molecule has 0 aromatic rings. The quantitative estimate of drug-likeness (QED) is 0.0365. The van der Waals surface area contributed by atoms with E-state index < -0.39 is 92.7 Å². The van der Waals surface area contributed by atoms with Gasteiger partial charge in [-0.25, -0.2) is 0 Å². The standard InChI is InChI=1S/C42H78O15/c1-3-5-7-9-11-13-14-15-16-17-19-20-22-24-33(44)52-27-30(55-34(45)25-23-21-18-12-10-8-6-4-2)28-53-41-40(51)38(49)36(47)32(57-41)29-54-42-39(50)37(48)35(46)31(26-43)56-42/h30-32,35-43,46-51H,3-29H2,1-2H3/t30-,31-,32-,35+,36+,37?,38?,39?,40?,41-,42-/m1/s1. The summed E-state index contributed by atoms with van der Waals surface area (Å²) in [6.45, 7) is 2.54. The van der Waals surface area contributed by atoms with Crippen LogP contribution >= 0.6 is 0 Å². The number of carbonyl (C=O) groups is 2. The summed E-state index contributed by atoms with van der Waals surface area (Å²) < 4.78 is 33.3. The molecule has 0 aromatic carbocycles. The summed E-state index contributed by atoms with van der Waals surface area (Å²) in [4.78, 5) is 25.5. The Balaban J connectivity index is 1.85. The topological polar surface area (TPSA) is 231 Å². The van der Waals surface area contributed by atoms with Crippen molar-refractivity contribution in [2.24, 2.45) is 0 Å². The first-order valence-corrected chi connectivity index (χ1v) is 22.1. The molecule has 2 aliphatic heterocycles. The van der Waals surface area contributed by atoms with Crippen molar-refractivity contribution in [2.45, 2.75) is 229 Å². The van der Waals surface area contributed by atoms with Crippen LogP contribution in [-0.4, -0.2) is 142 Å². The third-order valence-corrected chi connectivity index (χ3v) is 10.8. The van der Waals surface area contributed by atoms with Gasteiger partial charge in [0.05, 0.1) is 19.8 Å². The number of aliphatic hydroxyl groups is 7. The lowest BCUT2D eigenvalue weighted by Crippen LogP contribution is -2.61. The van der Waals surface area contributed by atoms with Gasteiger partial charge in [0.1, 0.15) is 55.4 Å². The van der Waals surface area contributed by atoms with E-state index in [1.165, 1.54) is 83.5 Å². The molecular formula is C42H78O15. The van der Waals surface area contributed by atoms with Crippen molar-refractivity contribution >= 4 is 11.9 Å². The highest BCUT2D eigenvalue weighted by atomic mass is 16.7. The molecule has 15 nitrogen and oxygen atoms in total. The summed E-state index contributed by atoms with van der Waals surface area (Å²) in [5, 5.41) is 71.7. The van der Waals surface area contributed by atoms with Crippen molar-refractivity contribution in [3.8, 4) is 0 Å². The van der Waals surface area contributed by atoms with E-state index in [1.807, 2.05) is 0 Å². The van der Waals surface area contributed by atoms with Gasteiger partial charge in [0, 0.05) is 12.8 Å². The predicted octanol–water partition coefficient (Wildman–Crippen LogP) is 4.09. The largest absolute Gasteiger partial charge is 0.462 e. The molecule has 57 heavy (non-hydrogen) atoms. The van der Waals surface area contributed by atoms with Gasteiger partial charge in [0.25, 0.3) is 0 Å². The Bertz CT molecular complexity index is 1020. The Morgan fingerprint density at radius 1 is 0.491 bits per heavy atom. The van der Waals surface area contributed by atoms with Gasteiger partial charge in [-0.15, -0.1) is 0 Å². The van der Waals surface area contributed by atoms with Crippen LogP contribution in [0.4, 0.5) is 0 Å². The van der Waals surface area contributed by atoms with E-state index in [0.29, 0.717) is 12.8 Å². The molecule has 4 unspecified atom stereocenters. The molecule has 0 spiro atoms. The first kappa shape index (κ1) is 51.6. The van der Waals surface area contributed by atoms with E-state index in [-0.39, 0.29) is 26.1 Å². The molecule has 0 aliphatic carbocycles. The number of hydrogen-bond acceptors (Lipinski definition) is 15. The van der Waals surface area contributed by atoms with Crippen LogP contribution in [0.15, 0.2) is 0 Å². The average molecular weight is 823 g/mol. The number of rotatable bonds is 33. The van der Waals surface area contributed by atoms with Crippen LogP contribution in [0, 0.1) is 0 Å². The normalized spacial score (nSPS) is 28.3. The zero-order valence-electron chi connectivity index (χ0n) is 34.8. The number of hydrogen-bond donors (Lipinski definition) is 7. The Morgan fingerprint density at radius 3 is 1.37 bits per heavy atom. The fourth-order valence-corrected chi connectivity index (χ4v) is 7.10. The Kier molecular flexibility index (Phi) is 28.4. The Morgan fingerprint density at radius 2 is 0.895 bits per heavy atom. The smallest absolute Gasteiger partial charge is 0.306 e. The summed E-state index contributed by atoms with van der Waals surface area (Å²) in [5.74, 6) is -0.923. The highest BCUT2D eigenvalue weighted by Crippen LogP contribution is 2.26. The molecule has 11 atom stereocenters. The second-order valence-electron chi connectivity index (χ2n) is 15.9. The third kappa shape index (κ3) is 21.0. The Hall–Kier alpha value is -1.50. The fourth-order valence-electron chi connectivity index (χ4n) is 7.10. The average Bonchev–Trinajstić information content (AvgIpc) is 3.20. The van der Waals surface area contributed by atoms with Crippen LogP contribution in [0.3, 0.4) is 0 Å². The summed E-state index contributed by atoms with van der Waals surface area (Å²) >= 11 is 0. The van der Waals surface area contributed by atoms with Crippen molar-refractivity contribution in [3.05, 3.63) is 0 Å². The Labute approximate surface area is 340 Å². The van der Waals surface area contributed by atoms with Crippen molar-refractivity contribution in [2.75, 3.05) is 26.4 Å². The fraction of sp³-hybridized carbons (Fsp3) is 0.952. The molecule has 0 amide bonds. The lowest BCUT2D eigenvalue weighted by Gasteiger charge is -2.42. The molecule has 336 valence electrons. The van der Waals surface area contributed by atoms with Gasteiger partial charge in [0.15, 0.2) is 18.7 Å². The summed E-state index contributed by atoms with van der Waals surface area (Å²) in [6.07, 6.45) is 7.41. The van der Waals surface area contributed by atoms with Gasteiger partial charge in [-0.1, -0.05) is 136 Å². The van der Waals surface area contributed by atoms with Crippen LogP contribution in [0.1, 0.15) is 162 Å². The van der Waals surface area contributed by atoms with Gasteiger partial charge < -0.3 is 64.2 Å². The van der Waals surface area contributed by atoms with Gasteiger partial charge >= 0.3 is 11.9 Å². The maximum Gasteiger partial charge on any atom is 0.306 e. The molecular weight excluding hydrogens is 744 g/mol. The van der Waals surface area contributed by atoms with Gasteiger partial charge in [-0.3, -0.25) is 9.59 Å². The van der Waals surface area contributed by atoms with Crippen molar-refractivity contribution in [1.82, 2.24) is 0 Å². The molecule has 0 saturated carbocycles. The summed E-state index contributed by atoms with van der Waals surface area (Å²) in [5.41, 5.74) is 0. The molecule has 2 heterocycles. The third-order valence-electron chi connectivity index (χ3n) is 10.8. The number of esters is 2. The molecule has 15 heteroatoms. The highest BCUT2D eigenvalue weighted by Gasteiger charge is 2.47. The van der Waals surface area contributed by atoms with E-state index in [4.69, 9.17) is 28.4 Å². The molecule has 2 saturated heterocycles. The second-order valence-corrected chi connectivity index (χ2v) is 15.9. The molecule has 2 aliphatic rings. The predicted molar refractivity (Wildman–Crippen MR) is 211 cm³/mol. The number of carbonyl (C=O) groups excluding carboxylic acids is 2. The number of aliphatic hydroxyl groups excluding tert-OH is 7. The van der Waals surface area contributed by atoms with Crippen molar-refractivity contribution < 1.29 is 73.8 Å². The minimum absolute atomic E-state index is 0.170. The van der Waals surface area contributed by atoms with Crippen LogP contribution in [-0.2, 0) is 38.0 Å². The van der Waals surface area contributed by atoms with Crippen LogP contribution < -0.4 is 0 Å². The molecule has 0 aromatic heterocycles.